The van der Waals surface area contributed by atoms with Crippen molar-refractivity contribution in [2.75, 3.05) is 25.0 Å². The molecule has 0 heterocycles. The molecule has 0 aromatic heterocycles. The Morgan fingerprint density at radius 2 is 2.17 bits per heavy atom. The van der Waals surface area contributed by atoms with E-state index in [1.54, 1.807) is 0 Å². The SMILES string of the molecule is CC(C)(CO)CNCC(=O)Nc1cccc(Br)c1. The van der Waals surface area contributed by atoms with Gasteiger partial charge < -0.3 is 15.7 Å². The predicted molar refractivity (Wildman–Crippen MR) is 76.5 cm³/mol. The lowest BCUT2D eigenvalue weighted by Crippen LogP contribution is -2.36. The Bertz CT molecular complexity index is 408. The fourth-order valence-electron chi connectivity index (χ4n) is 1.34. The molecular weight excluding hydrogens is 296 g/mol. The van der Waals surface area contributed by atoms with E-state index < -0.39 is 0 Å². The van der Waals surface area contributed by atoms with Crippen molar-refractivity contribution < 1.29 is 9.90 Å². The van der Waals surface area contributed by atoms with Gasteiger partial charge in [-0.2, -0.15) is 0 Å². The molecule has 0 aliphatic carbocycles. The number of nitrogens with one attached hydrogen (secondary N) is 2. The van der Waals surface area contributed by atoms with Crippen molar-refractivity contribution in [3.05, 3.63) is 28.7 Å². The van der Waals surface area contributed by atoms with Crippen LogP contribution in [-0.4, -0.2) is 30.7 Å². The molecule has 1 rings (SSSR count). The molecule has 0 aliphatic rings. The van der Waals surface area contributed by atoms with Gasteiger partial charge in [0.15, 0.2) is 0 Å². The van der Waals surface area contributed by atoms with Crippen LogP contribution in [0.2, 0.25) is 0 Å². The molecule has 0 atom stereocenters. The number of hydrogen-bond donors (Lipinski definition) is 3. The molecule has 100 valence electrons. The van der Waals surface area contributed by atoms with E-state index in [0.717, 1.165) is 10.2 Å². The average Bonchev–Trinajstić information content (AvgIpc) is 2.28. The zero-order valence-electron chi connectivity index (χ0n) is 10.7. The zero-order valence-corrected chi connectivity index (χ0v) is 12.3. The van der Waals surface area contributed by atoms with Crippen molar-refractivity contribution >= 4 is 27.5 Å². The Kier molecular flexibility index (Phi) is 5.78. The maximum absolute atomic E-state index is 11.6. The molecule has 1 aromatic carbocycles. The summed E-state index contributed by atoms with van der Waals surface area (Å²) in [5, 5.41) is 14.9. The van der Waals surface area contributed by atoms with E-state index in [2.05, 4.69) is 26.6 Å². The molecule has 0 radical (unpaired) electrons. The lowest BCUT2D eigenvalue weighted by atomic mass is 9.95. The first kappa shape index (κ1) is 15.1. The van der Waals surface area contributed by atoms with Gasteiger partial charge in [-0.15, -0.1) is 0 Å². The van der Waals surface area contributed by atoms with E-state index >= 15 is 0 Å². The smallest absolute Gasteiger partial charge is 0.238 e. The minimum atomic E-state index is -0.212. The number of carbonyl (C=O) groups excluding carboxylic acids is 1. The second-order valence-electron chi connectivity index (χ2n) is 4.98. The Balaban J connectivity index is 2.34. The number of hydrogen-bond acceptors (Lipinski definition) is 3. The van der Waals surface area contributed by atoms with E-state index in [1.807, 2.05) is 38.1 Å². The molecule has 0 unspecified atom stereocenters. The van der Waals surface area contributed by atoms with Gasteiger partial charge in [0.25, 0.3) is 0 Å². The van der Waals surface area contributed by atoms with E-state index in [0.29, 0.717) is 6.54 Å². The van der Waals surface area contributed by atoms with Crippen LogP contribution < -0.4 is 10.6 Å². The molecule has 0 saturated carbocycles. The zero-order chi connectivity index (χ0) is 13.6. The van der Waals surface area contributed by atoms with Crippen LogP contribution in [0, 0.1) is 5.41 Å². The number of rotatable bonds is 6. The predicted octanol–water partition coefficient (Wildman–Crippen LogP) is 2.00. The van der Waals surface area contributed by atoms with Crippen molar-refractivity contribution in [1.29, 1.82) is 0 Å². The van der Waals surface area contributed by atoms with Crippen molar-refractivity contribution in [2.45, 2.75) is 13.8 Å². The molecule has 0 bridgehead atoms. The summed E-state index contributed by atoms with van der Waals surface area (Å²) in [6.07, 6.45) is 0. The molecule has 0 fully saturated rings. The maximum Gasteiger partial charge on any atom is 0.238 e. The van der Waals surface area contributed by atoms with Crippen LogP contribution >= 0.6 is 15.9 Å². The topological polar surface area (TPSA) is 61.4 Å². The van der Waals surface area contributed by atoms with Crippen LogP contribution in [0.3, 0.4) is 0 Å². The van der Waals surface area contributed by atoms with Crippen LogP contribution in [0.15, 0.2) is 28.7 Å². The minimum absolute atomic E-state index is 0.0905. The first-order valence-electron chi connectivity index (χ1n) is 5.80. The monoisotopic (exact) mass is 314 g/mol. The van der Waals surface area contributed by atoms with E-state index in [-0.39, 0.29) is 24.5 Å². The number of aliphatic hydroxyl groups excluding tert-OH is 1. The fraction of sp³-hybridized carbons (Fsp3) is 0.462. The summed E-state index contributed by atoms with van der Waals surface area (Å²) in [6.45, 7) is 4.79. The van der Waals surface area contributed by atoms with Gasteiger partial charge in [0.1, 0.15) is 0 Å². The van der Waals surface area contributed by atoms with Crippen molar-refractivity contribution in [3.8, 4) is 0 Å². The van der Waals surface area contributed by atoms with Gasteiger partial charge >= 0.3 is 0 Å². The summed E-state index contributed by atoms with van der Waals surface area (Å²) < 4.78 is 0.926. The second kappa shape index (κ2) is 6.87. The van der Waals surface area contributed by atoms with E-state index in [1.165, 1.54) is 0 Å². The van der Waals surface area contributed by atoms with Gasteiger partial charge in [0.2, 0.25) is 5.91 Å². The van der Waals surface area contributed by atoms with E-state index in [9.17, 15) is 4.79 Å². The lowest BCUT2D eigenvalue weighted by Gasteiger charge is -2.21. The molecule has 0 saturated heterocycles. The highest BCUT2D eigenvalue weighted by molar-refractivity contribution is 9.10. The summed E-state index contributed by atoms with van der Waals surface area (Å²) in [6, 6.07) is 7.44. The van der Waals surface area contributed by atoms with Gasteiger partial charge in [-0.05, 0) is 18.2 Å². The largest absolute Gasteiger partial charge is 0.396 e. The number of carbonyl (C=O) groups is 1. The highest BCUT2D eigenvalue weighted by Crippen LogP contribution is 2.15. The Labute approximate surface area is 116 Å². The third kappa shape index (κ3) is 5.62. The third-order valence-corrected chi connectivity index (χ3v) is 2.92. The van der Waals surface area contributed by atoms with Crippen LogP contribution in [-0.2, 0) is 4.79 Å². The molecule has 0 spiro atoms. The summed E-state index contributed by atoms with van der Waals surface area (Å²) in [5.41, 5.74) is 0.549. The van der Waals surface area contributed by atoms with Crippen molar-refractivity contribution in [1.82, 2.24) is 5.32 Å². The second-order valence-corrected chi connectivity index (χ2v) is 5.90. The van der Waals surface area contributed by atoms with Crippen molar-refractivity contribution in [2.24, 2.45) is 5.41 Å². The molecule has 5 heteroatoms. The number of benzene rings is 1. The number of amides is 1. The number of halogens is 1. The number of anilines is 1. The molecule has 18 heavy (non-hydrogen) atoms. The Hall–Kier alpha value is -0.910. The fourth-order valence-corrected chi connectivity index (χ4v) is 1.74. The average molecular weight is 315 g/mol. The molecular formula is C13H19BrN2O2. The van der Waals surface area contributed by atoms with Gasteiger partial charge in [-0.3, -0.25) is 4.79 Å². The summed E-state index contributed by atoms with van der Waals surface area (Å²) in [7, 11) is 0. The summed E-state index contributed by atoms with van der Waals surface area (Å²) >= 11 is 3.35. The van der Waals surface area contributed by atoms with Crippen LogP contribution in [0.25, 0.3) is 0 Å². The first-order chi connectivity index (χ1) is 8.43. The first-order valence-corrected chi connectivity index (χ1v) is 6.59. The molecule has 3 N–H and O–H groups in total. The minimum Gasteiger partial charge on any atom is -0.396 e. The highest BCUT2D eigenvalue weighted by Gasteiger charge is 2.16. The number of aliphatic hydroxyl groups is 1. The summed E-state index contributed by atoms with van der Waals surface area (Å²) in [4.78, 5) is 11.6. The highest BCUT2D eigenvalue weighted by atomic mass is 79.9. The molecule has 1 aromatic rings. The third-order valence-electron chi connectivity index (χ3n) is 2.43. The Morgan fingerprint density at radius 3 is 2.78 bits per heavy atom. The van der Waals surface area contributed by atoms with Crippen LogP contribution in [0.4, 0.5) is 5.69 Å². The molecule has 1 amide bonds. The van der Waals surface area contributed by atoms with Crippen LogP contribution in [0.1, 0.15) is 13.8 Å². The maximum atomic E-state index is 11.6. The normalized spacial score (nSPS) is 11.3. The standard InChI is InChI=1S/C13H19BrN2O2/c1-13(2,9-17)8-15-7-12(18)16-11-5-3-4-10(14)6-11/h3-6,15,17H,7-9H2,1-2H3,(H,16,18). The van der Waals surface area contributed by atoms with E-state index in [4.69, 9.17) is 5.11 Å². The Morgan fingerprint density at radius 1 is 1.44 bits per heavy atom. The van der Waals surface area contributed by atoms with Gasteiger partial charge in [-0.1, -0.05) is 35.8 Å². The summed E-state index contributed by atoms with van der Waals surface area (Å²) in [5.74, 6) is -0.0955. The quantitative estimate of drug-likeness (QED) is 0.752. The van der Waals surface area contributed by atoms with Gasteiger partial charge in [-0.25, -0.2) is 0 Å². The van der Waals surface area contributed by atoms with Gasteiger partial charge in [0, 0.05) is 28.7 Å². The van der Waals surface area contributed by atoms with Crippen molar-refractivity contribution in [3.63, 3.8) is 0 Å². The molecule has 4 nitrogen and oxygen atoms in total. The van der Waals surface area contributed by atoms with Gasteiger partial charge in [0.05, 0.1) is 6.54 Å². The lowest BCUT2D eigenvalue weighted by molar-refractivity contribution is -0.115. The molecule has 0 aliphatic heterocycles. The van der Waals surface area contributed by atoms with Crippen LogP contribution in [0.5, 0.6) is 0 Å².